The van der Waals surface area contributed by atoms with Crippen molar-refractivity contribution in [2.24, 2.45) is 4.99 Å². The number of pyridine rings is 2. The van der Waals surface area contributed by atoms with E-state index in [4.69, 9.17) is 0 Å². The molecule has 9 nitrogen and oxygen atoms in total. The molecule has 2 aliphatic rings. The van der Waals surface area contributed by atoms with Crippen LogP contribution in [-0.4, -0.2) is 43.5 Å². The monoisotopic (exact) mass is 462 g/mol. The van der Waals surface area contributed by atoms with Crippen LogP contribution in [0.4, 0.5) is 5.69 Å². The molecule has 172 valence electrons. The molecular weight excluding hydrogens is 440 g/mol. The van der Waals surface area contributed by atoms with Crippen LogP contribution in [0, 0.1) is 0 Å². The molecule has 3 aromatic heterocycles. The minimum atomic E-state index is -0.292. The molecule has 0 atom stereocenters. The highest BCUT2D eigenvalue weighted by atomic mass is 16.1. The number of hydrogen-bond donors (Lipinski definition) is 2. The van der Waals surface area contributed by atoms with E-state index in [1.807, 2.05) is 47.3 Å². The average molecular weight is 463 g/mol. The topological polar surface area (TPSA) is 110 Å². The van der Waals surface area contributed by atoms with Crippen molar-refractivity contribution in [2.75, 3.05) is 12.0 Å². The van der Waals surface area contributed by atoms with Gasteiger partial charge in [-0.1, -0.05) is 18.2 Å². The van der Waals surface area contributed by atoms with Gasteiger partial charge in [0.25, 0.3) is 5.91 Å². The number of nitrogens with zero attached hydrogens (tertiary/aromatic N) is 6. The highest BCUT2D eigenvalue weighted by Crippen LogP contribution is 2.39. The maximum absolute atomic E-state index is 13.0. The van der Waals surface area contributed by atoms with Gasteiger partial charge in [0.05, 0.1) is 5.70 Å². The first-order valence-electron chi connectivity index (χ1n) is 11.4. The second-order valence-corrected chi connectivity index (χ2v) is 8.48. The number of carbonyl (C=O) groups is 1. The lowest BCUT2D eigenvalue weighted by atomic mass is 10.1. The van der Waals surface area contributed by atoms with Gasteiger partial charge in [0.1, 0.15) is 18.7 Å². The van der Waals surface area contributed by atoms with Gasteiger partial charge in [-0.3, -0.25) is 24.3 Å². The summed E-state index contributed by atoms with van der Waals surface area (Å²) in [5.74, 6) is 0.959. The van der Waals surface area contributed by atoms with E-state index >= 15 is 0 Å². The minimum absolute atomic E-state index is 0.292. The maximum Gasteiger partial charge on any atom is 0.274 e. The molecule has 0 saturated heterocycles. The predicted molar refractivity (Wildman–Crippen MR) is 134 cm³/mol. The molecule has 1 fully saturated rings. The number of nitrogens with one attached hydrogen (secondary N) is 2. The fraction of sp³-hybridized carbons (Fsp3) is 0.154. The summed E-state index contributed by atoms with van der Waals surface area (Å²) in [6, 6.07) is 15.3. The highest BCUT2D eigenvalue weighted by Gasteiger charge is 2.24. The molecule has 1 saturated carbocycles. The van der Waals surface area contributed by atoms with E-state index in [0.29, 0.717) is 29.8 Å². The Morgan fingerprint density at radius 1 is 1.03 bits per heavy atom. The van der Waals surface area contributed by atoms with Gasteiger partial charge >= 0.3 is 0 Å². The lowest BCUT2D eigenvalue weighted by Gasteiger charge is -2.12. The Hall–Kier alpha value is -4.66. The number of rotatable bonds is 6. The summed E-state index contributed by atoms with van der Waals surface area (Å²) in [6.45, 7) is 0.542. The molecule has 1 aromatic carbocycles. The van der Waals surface area contributed by atoms with Crippen LogP contribution in [0.1, 0.15) is 34.9 Å². The van der Waals surface area contributed by atoms with E-state index in [-0.39, 0.29) is 5.91 Å². The number of carbonyl (C=O) groups excluding carboxylic acids is 1. The van der Waals surface area contributed by atoms with Gasteiger partial charge in [0.15, 0.2) is 5.82 Å². The van der Waals surface area contributed by atoms with Crippen LogP contribution >= 0.6 is 0 Å². The first-order valence-corrected chi connectivity index (χ1v) is 11.4. The van der Waals surface area contributed by atoms with E-state index in [1.165, 1.54) is 12.8 Å². The summed E-state index contributed by atoms with van der Waals surface area (Å²) in [5.41, 5.74) is 5.60. The van der Waals surface area contributed by atoms with Crippen LogP contribution < -0.4 is 10.6 Å². The molecule has 1 aliphatic carbocycles. The molecule has 0 bridgehead atoms. The molecule has 0 unspecified atom stereocenters. The zero-order chi connectivity index (χ0) is 23.6. The van der Waals surface area contributed by atoms with Crippen molar-refractivity contribution in [3.05, 3.63) is 84.8 Å². The van der Waals surface area contributed by atoms with Gasteiger partial charge < -0.3 is 10.6 Å². The largest absolute Gasteiger partial charge is 0.371 e. The number of anilines is 1. The maximum atomic E-state index is 13.0. The molecule has 2 N–H and O–H groups in total. The molecule has 1 aliphatic heterocycles. The van der Waals surface area contributed by atoms with Crippen molar-refractivity contribution in [2.45, 2.75) is 18.8 Å². The Morgan fingerprint density at radius 2 is 1.97 bits per heavy atom. The summed E-state index contributed by atoms with van der Waals surface area (Å²) in [6.07, 6.45) is 11.2. The van der Waals surface area contributed by atoms with Crippen LogP contribution in [0.2, 0.25) is 0 Å². The third-order valence-electron chi connectivity index (χ3n) is 5.97. The van der Waals surface area contributed by atoms with E-state index in [2.05, 4.69) is 47.9 Å². The number of benzene rings is 1. The smallest absolute Gasteiger partial charge is 0.274 e. The second-order valence-electron chi connectivity index (χ2n) is 8.48. The average Bonchev–Trinajstić information content (AvgIpc) is 3.65. The van der Waals surface area contributed by atoms with Gasteiger partial charge in [-0.15, -0.1) is 10.2 Å². The zero-order valence-electron chi connectivity index (χ0n) is 18.8. The summed E-state index contributed by atoms with van der Waals surface area (Å²) < 4.78 is 1.84. The number of aromatic nitrogens is 5. The van der Waals surface area contributed by atoms with Gasteiger partial charge in [-0.25, -0.2) is 0 Å². The molecule has 0 spiro atoms. The Labute approximate surface area is 201 Å². The van der Waals surface area contributed by atoms with Crippen LogP contribution in [0.25, 0.3) is 28.2 Å². The predicted octanol–water partition coefficient (Wildman–Crippen LogP) is 3.96. The van der Waals surface area contributed by atoms with E-state index in [9.17, 15) is 4.79 Å². The summed E-state index contributed by atoms with van der Waals surface area (Å²) >= 11 is 0. The first-order chi connectivity index (χ1) is 17.2. The third kappa shape index (κ3) is 4.43. The fourth-order valence-corrected chi connectivity index (χ4v) is 3.99. The van der Waals surface area contributed by atoms with E-state index < -0.39 is 0 Å². The van der Waals surface area contributed by atoms with Crippen LogP contribution in [0.3, 0.4) is 0 Å². The van der Waals surface area contributed by atoms with Gasteiger partial charge in [0, 0.05) is 53.2 Å². The van der Waals surface area contributed by atoms with Gasteiger partial charge in [-0.2, -0.15) is 0 Å². The van der Waals surface area contributed by atoms with Crippen molar-refractivity contribution >= 4 is 23.5 Å². The Morgan fingerprint density at radius 3 is 2.77 bits per heavy atom. The molecule has 1 amide bonds. The zero-order valence-corrected chi connectivity index (χ0v) is 18.8. The minimum Gasteiger partial charge on any atom is -0.371 e. The fourth-order valence-electron chi connectivity index (χ4n) is 3.99. The van der Waals surface area contributed by atoms with E-state index in [0.717, 1.165) is 28.1 Å². The van der Waals surface area contributed by atoms with Crippen LogP contribution in [0.15, 0.2) is 78.4 Å². The lowest BCUT2D eigenvalue weighted by Crippen LogP contribution is -2.15. The van der Waals surface area contributed by atoms with E-state index in [1.54, 1.807) is 24.8 Å². The van der Waals surface area contributed by atoms with Crippen molar-refractivity contribution < 1.29 is 4.79 Å². The molecular formula is C26H22N8O. The quantitative estimate of drug-likeness (QED) is 0.449. The molecule has 9 heteroatoms. The van der Waals surface area contributed by atoms with Gasteiger partial charge in [0.2, 0.25) is 0 Å². The number of aliphatic imine (C=N–C) groups is 1. The molecule has 4 heterocycles. The Balaban J connectivity index is 1.21. The summed E-state index contributed by atoms with van der Waals surface area (Å²) in [4.78, 5) is 26.1. The number of amides is 1. The third-order valence-corrected chi connectivity index (χ3v) is 5.97. The molecule has 6 rings (SSSR count). The van der Waals surface area contributed by atoms with Gasteiger partial charge in [-0.05, 0) is 48.7 Å². The van der Waals surface area contributed by atoms with Crippen molar-refractivity contribution in [3.63, 3.8) is 0 Å². The van der Waals surface area contributed by atoms with Crippen molar-refractivity contribution in [1.29, 1.82) is 0 Å². The standard InChI is InChI=1S/C26H22N8O/c35-26(24-11-18(8-9-29-24)20-6-7-23(30-12-20)17-4-5-17)32-21-3-1-2-19(10-21)25-33-31-16-34(25)22-13-27-15-28-14-22/h1-3,6-14,16-17,27H,4-5,15H2,(H,32,35). The Bertz CT molecular complexity index is 1450. The van der Waals surface area contributed by atoms with Crippen LogP contribution in [0.5, 0.6) is 0 Å². The van der Waals surface area contributed by atoms with Crippen LogP contribution in [-0.2, 0) is 0 Å². The number of allylic oxidation sites excluding steroid dienone is 1. The summed E-state index contributed by atoms with van der Waals surface area (Å²) in [5, 5.41) is 14.3. The summed E-state index contributed by atoms with van der Waals surface area (Å²) in [7, 11) is 0. The van der Waals surface area contributed by atoms with Crippen molar-refractivity contribution in [1.82, 2.24) is 30.0 Å². The Kier molecular flexibility index (Phi) is 5.34. The lowest BCUT2D eigenvalue weighted by molar-refractivity contribution is 0.102. The SMILES string of the molecule is O=C(Nc1cccc(-c2nncn2C2=CNCN=C2)c1)c1cc(-c2ccc(C3CC3)nc2)ccn1. The normalized spacial score (nSPS) is 14.8. The van der Waals surface area contributed by atoms with Crippen molar-refractivity contribution in [3.8, 4) is 22.5 Å². The molecule has 4 aromatic rings. The molecule has 0 radical (unpaired) electrons. The second kappa shape index (κ2) is 8.94. The molecule has 35 heavy (non-hydrogen) atoms. The highest BCUT2D eigenvalue weighted by molar-refractivity contribution is 6.04. The number of hydrogen-bond acceptors (Lipinski definition) is 7. The first kappa shape index (κ1) is 20.9.